The summed E-state index contributed by atoms with van der Waals surface area (Å²) >= 11 is 0. The minimum Gasteiger partial charge on any atom is -0.466 e. The van der Waals surface area contributed by atoms with E-state index in [4.69, 9.17) is 4.74 Å². The summed E-state index contributed by atoms with van der Waals surface area (Å²) in [4.78, 5) is 16.5. The quantitative estimate of drug-likeness (QED) is 0.531. The number of amides is 1. The fraction of sp³-hybridized carbons (Fsp3) is 0.0455. The number of benzene rings is 3. The second-order valence-electron chi connectivity index (χ2n) is 6.29. The molecule has 0 saturated heterocycles. The Morgan fingerprint density at radius 1 is 0.933 bits per heavy atom. The predicted octanol–water partition coefficient (Wildman–Crippen LogP) is 4.47. The highest BCUT2D eigenvalue weighted by Crippen LogP contribution is 2.26. The molecule has 0 aliphatic rings. The smallest absolute Gasteiger partial charge is 0.336 e. The molecule has 0 aliphatic heterocycles. The number of ether oxygens (including phenoxy) is 1. The molecule has 1 aromatic heterocycles. The van der Waals surface area contributed by atoms with Crippen LogP contribution in [0.2, 0.25) is 0 Å². The molecule has 0 bridgehead atoms. The number of carbonyl (C=O) groups excluding carboxylic acids is 1. The van der Waals surface area contributed by atoms with Gasteiger partial charge in [0.1, 0.15) is 11.6 Å². The Labute approximate surface area is 170 Å². The van der Waals surface area contributed by atoms with E-state index in [2.05, 4.69) is 15.4 Å². The van der Waals surface area contributed by atoms with Crippen molar-refractivity contribution in [2.75, 3.05) is 12.4 Å². The van der Waals surface area contributed by atoms with Gasteiger partial charge in [-0.1, -0.05) is 24.3 Å². The first kappa shape index (κ1) is 19.3. The normalized spacial score (nSPS) is 10.6. The van der Waals surface area contributed by atoms with Gasteiger partial charge >= 0.3 is 6.01 Å². The summed E-state index contributed by atoms with van der Waals surface area (Å²) in [7, 11) is 1.42. The molecular weight excluding hydrogens is 390 g/mol. The summed E-state index contributed by atoms with van der Waals surface area (Å²) in [6, 6.07) is 18.7. The predicted molar refractivity (Wildman–Crippen MR) is 108 cm³/mol. The van der Waals surface area contributed by atoms with Crippen molar-refractivity contribution in [3.05, 3.63) is 90.0 Å². The zero-order valence-electron chi connectivity index (χ0n) is 15.8. The highest BCUT2D eigenvalue weighted by Gasteiger charge is 2.17. The van der Waals surface area contributed by atoms with Crippen LogP contribution in [0.4, 0.5) is 14.5 Å². The number of nitrogens with zero attached hydrogens (tertiary/aromatic N) is 3. The molecule has 0 aliphatic carbocycles. The fourth-order valence-corrected chi connectivity index (χ4v) is 2.91. The molecule has 8 heteroatoms. The van der Waals surface area contributed by atoms with Crippen LogP contribution in [-0.4, -0.2) is 27.8 Å². The van der Waals surface area contributed by atoms with Crippen LogP contribution in [0.25, 0.3) is 17.1 Å². The Morgan fingerprint density at radius 3 is 2.27 bits per heavy atom. The molecule has 1 heterocycles. The number of anilines is 1. The number of halogens is 2. The number of rotatable bonds is 5. The van der Waals surface area contributed by atoms with Gasteiger partial charge in [0.2, 0.25) is 0 Å². The lowest BCUT2D eigenvalue weighted by Gasteiger charge is -2.09. The molecule has 0 fully saturated rings. The summed E-state index contributed by atoms with van der Waals surface area (Å²) in [5, 5.41) is 6.89. The van der Waals surface area contributed by atoms with E-state index >= 15 is 0 Å². The Balaban J connectivity index is 1.64. The van der Waals surface area contributed by atoms with E-state index in [0.29, 0.717) is 11.4 Å². The first-order valence-electron chi connectivity index (χ1n) is 8.99. The van der Waals surface area contributed by atoms with Gasteiger partial charge in [0.05, 0.1) is 23.9 Å². The molecule has 0 unspecified atom stereocenters. The van der Waals surface area contributed by atoms with Gasteiger partial charge in [0.25, 0.3) is 5.91 Å². The van der Waals surface area contributed by atoms with Crippen molar-refractivity contribution in [3.63, 3.8) is 0 Å². The number of hydrogen-bond acceptors (Lipinski definition) is 4. The number of hydrogen-bond donors (Lipinski definition) is 1. The maximum absolute atomic E-state index is 14.3. The number of methoxy groups -OCH3 is 1. The van der Waals surface area contributed by atoms with Crippen molar-refractivity contribution in [1.29, 1.82) is 0 Å². The Morgan fingerprint density at radius 2 is 1.60 bits per heavy atom. The lowest BCUT2D eigenvalue weighted by atomic mass is 10.2. The monoisotopic (exact) mass is 406 g/mol. The van der Waals surface area contributed by atoms with Gasteiger partial charge in [-0.15, -0.1) is 5.10 Å². The van der Waals surface area contributed by atoms with E-state index in [1.165, 1.54) is 36.1 Å². The zero-order valence-corrected chi connectivity index (χ0v) is 15.8. The van der Waals surface area contributed by atoms with Crippen LogP contribution in [0.1, 0.15) is 10.4 Å². The average molecular weight is 406 g/mol. The van der Waals surface area contributed by atoms with Crippen molar-refractivity contribution in [1.82, 2.24) is 14.8 Å². The van der Waals surface area contributed by atoms with Gasteiger partial charge in [-0.25, -0.2) is 13.5 Å². The number of aromatic nitrogens is 3. The third-order valence-electron chi connectivity index (χ3n) is 4.37. The molecule has 6 nitrogen and oxygen atoms in total. The minimum atomic E-state index is -0.601. The maximum Gasteiger partial charge on any atom is 0.336 e. The van der Waals surface area contributed by atoms with E-state index in [1.807, 2.05) is 0 Å². The lowest BCUT2D eigenvalue weighted by Crippen LogP contribution is -2.13. The molecule has 0 spiro atoms. The molecule has 1 amide bonds. The number of carbonyl (C=O) groups is 1. The molecule has 4 rings (SSSR count). The van der Waals surface area contributed by atoms with E-state index in [0.717, 1.165) is 0 Å². The summed E-state index contributed by atoms with van der Waals surface area (Å²) in [5.41, 5.74) is 1.26. The van der Waals surface area contributed by atoms with Crippen LogP contribution in [0.15, 0.2) is 72.8 Å². The molecule has 0 saturated carbocycles. The van der Waals surface area contributed by atoms with E-state index in [-0.39, 0.29) is 23.0 Å². The molecule has 1 N–H and O–H groups in total. The molecule has 3 aromatic carbocycles. The van der Waals surface area contributed by atoms with Crippen molar-refractivity contribution in [2.24, 2.45) is 0 Å². The van der Waals surface area contributed by atoms with Crippen LogP contribution < -0.4 is 10.1 Å². The fourth-order valence-electron chi connectivity index (χ4n) is 2.91. The minimum absolute atomic E-state index is 0.0515. The van der Waals surface area contributed by atoms with E-state index < -0.39 is 17.5 Å². The van der Waals surface area contributed by atoms with Gasteiger partial charge in [0, 0.05) is 5.69 Å². The van der Waals surface area contributed by atoms with Crippen molar-refractivity contribution >= 4 is 11.6 Å². The van der Waals surface area contributed by atoms with E-state index in [1.54, 1.807) is 48.5 Å². The number of nitrogens with one attached hydrogen (secondary N) is 1. The molecule has 0 atom stereocenters. The van der Waals surface area contributed by atoms with Crippen LogP contribution in [0, 0.1) is 11.6 Å². The van der Waals surface area contributed by atoms with Crippen molar-refractivity contribution < 1.29 is 18.3 Å². The van der Waals surface area contributed by atoms with Gasteiger partial charge in [0.15, 0.2) is 5.82 Å². The van der Waals surface area contributed by atoms with Crippen LogP contribution >= 0.6 is 0 Å². The lowest BCUT2D eigenvalue weighted by molar-refractivity contribution is 0.102. The summed E-state index contributed by atoms with van der Waals surface area (Å²) < 4.78 is 34.6. The highest BCUT2D eigenvalue weighted by molar-refractivity contribution is 6.04. The topological polar surface area (TPSA) is 69.0 Å². The Hall–Kier alpha value is -4.07. The second-order valence-corrected chi connectivity index (χ2v) is 6.29. The first-order chi connectivity index (χ1) is 14.6. The highest BCUT2D eigenvalue weighted by atomic mass is 19.1. The molecule has 150 valence electrons. The van der Waals surface area contributed by atoms with Gasteiger partial charge in [-0.2, -0.15) is 4.98 Å². The van der Waals surface area contributed by atoms with Gasteiger partial charge in [-0.3, -0.25) is 4.79 Å². The van der Waals surface area contributed by atoms with Crippen LogP contribution in [0.3, 0.4) is 0 Å². The van der Waals surface area contributed by atoms with E-state index in [9.17, 15) is 13.6 Å². The second kappa shape index (κ2) is 8.12. The van der Waals surface area contributed by atoms with Crippen LogP contribution in [-0.2, 0) is 0 Å². The molecular formula is C22H16F2N4O2. The molecule has 30 heavy (non-hydrogen) atoms. The summed E-state index contributed by atoms with van der Waals surface area (Å²) in [5.74, 6) is -1.33. The Kier molecular flexibility index (Phi) is 5.21. The standard InChI is InChI=1S/C22H16F2N4O2/c1-30-22-26-20(16-6-2-4-8-18(16)23)28(27-22)15-12-10-14(11-13-15)25-21(29)17-7-3-5-9-19(17)24/h2-13H,1H3,(H,25,29). The van der Waals surface area contributed by atoms with Gasteiger partial charge in [-0.05, 0) is 48.5 Å². The van der Waals surface area contributed by atoms with Crippen molar-refractivity contribution in [2.45, 2.75) is 0 Å². The average Bonchev–Trinajstić information content (AvgIpc) is 3.19. The van der Waals surface area contributed by atoms with Gasteiger partial charge < -0.3 is 10.1 Å². The molecule has 0 radical (unpaired) electrons. The SMILES string of the molecule is COc1nc(-c2ccccc2F)n(-c2ccc(NC(=O)c3ccccc3F)cc2)n1. The molecule has 4 aromatic rings. The zero-order chi connectivity index (χ0) is 21.1. The van der Waals surface area contributed by atoms with Crippen LogP contribution in [0.5, 0.6) is 6.01 Å². The third kappa shape index (κ3) is 3.75. The summed E-state index contributed by atoms with van der Waals surface area (Å²) in [6.45, 7) is 0. The summed E-state index contributed by atoms with van der Waals surface area (Å²) in [6.07, 6.45) is 0. The third-order valence-corrected chi connectivity index (χ3v) is 4.37. The Bertz CT molecular complexity index is 1210. The van der Waals surface area contributed by atoms with Crippen molar-refractivity contribution in [3.8, 4) is 23.1 Å². The largest absolute Gasteiger partial charge is 0.466 e. The maximum atomic E-state index is 14.3. The first-order valence-corrected chi connectivity index (χ1v) is 8.99.